The van der Waals surface area contributed by atoms with Crippen LogP contribution in [0.5, 0.6) is 0 Å². The van der Waals surface area contributed by atoms with Crippen molar-refractivity contribution in [1.82, 2.24) is 20.2 Å². The van der Waals surface area contributed by atoms with Gasteiger partial charge in [0.25, 0.3) is 11.8 Å². The maximum Gasteiger partial charge on any atom is 0.407 e. The molecule has 0 saturated heterocycles. The lowest BCUT2D eigenvalue weighted by molar-refractivity contribution is 0.0516. The van der Waals surface area contributed by atoms with Gasteiger partial charge in [-0.3, -0.25) is 14.6 Å². The molecule has 4 rings (SSSR count). The number of alkyl carbamates (subject to hydrolysis) is 1. The Morgan fingerprint density at radius 1 is 1.25 bits per heavy atom. The number of amides is 3. The van der Waals surface area contributed by atoms with E-state index in [1.165, 1.54) is 0 Å². The predicted octanol–water partition coefficient (Wildman–Crippen LogP) is 2.93. The number of carbonyl (C=O) groups is 3. The first kappa shape index (κ1) is 21.4. The predicted molar refractivity (Wildman–Crippen MR) is 120 cm³/mol. The average molecular weight is 435 g/mol. The quantitative estimate of drug-likeness (QED) is 0.583. The van der Waals surface area contributed by atoms with Gasteiger partial charge in [0.2, 0.25) is 0 Å². The number of pyridine rings is 1. The molecule has 1 aliphatic rings. The highest BCUT2D eigenvalue weighted by Gasteiger charge is 2.27. The van der Waals surface area contributed by atoms with Gasteiger partial charge in [-0.15, -0.1) is 0 Å². The molecule has 166 valence electrons. The standard InChI is InChI=1S/C23H25N5O4/c1-23(2,3)32-22(31)25-12-17-13-28-18-10-15(20(29)26-16-5-4-8-24-11-16)7-6-14(18)9-19(28)21(30)27-17/h4-11,17H,12-13H2,1-3H3,(H,25,31)(H,26,29)(H,27,30)/t17-/m1/s1. The number of nitrogens with zero attached hydrogens (tertiary/aromatic N) is 2. The average Bonchev–Trinajstić information content (AvgIpc) is 3.10. The summed E-state index contributed by atoms with van der Waals surface area (Å²) >= 11 is 0. The van der Waals surface area contributed by atoms with Gasteiger partial charge in [0, 0.05) is 35.8 Å². The van der Waals surface area contributed by atoms with Crippen molar-refractivity contribution in [2.45, 2.75) is 39.0 Å². The van der Waals surface area contributed by atoms with Crippen molar-refractivity contribution in [3.8, 4) is 0 Å². The fraction of sp³-hybridized carbons (Fsp3) is 0.304. The Hall–Kier alpha value is -3.88. The van der Waals surface area contributed by atoms with Gasteiger partial charge in [0.05, 0.1) is 17.9 Å². The number of benzene rings is 1. The Morgan fingerprint density at radius 2 is 2.06 bits per heavy atom. The van der Waals surface area contributed by atoms with E-state index in [1.54, 1.807) is 63.5 Å². The maximum atomic E-state index is 12.7. The third-order valence-corrected chi connectivity index (χ3v) is 4.95. The molecule has 1 aromatic carbocycles. The Kier molecular flexibility index (Phi) is 5.56. The van der Waals surface area contributed by atoms with Gasteiger partial charge in [-0.25, -0.2) is 4.79 Å². The van der Waals surface area contributed by atoms with Crippen LogP contribution >= 0.6 is 0 Å². The van der Waals surface area contributed by atoms with Crippen LogP contribution in [-0.2, 0) is 11.3 Å². The maximum absolute atomic E-state index is 12.7. The van der Waals surface area contributed by atoms with Gasteiger partial charge >= 0.3 is 6.09 Å². The van der Waals surface area contributed by atoms with Gasteiger partial charge in [-0.1, -0.05) is 6.07 Å². The largest absolute Gasteiger partial charge is 0.444 e. The number of rotatable bonds is 4. The van der Waals surface area contributed by atoms with Crippen molar-refractivity contribution in [2.24, 2.45) is 0 Å². The molecule has 3 heterocycles. The van der Waals surface area contributed by atoms with Crippen LogP contribution in [0.4, 0.5) is 10.5 Å². The van der Waals surface area contributed by atoms with Crippen molar-refractivity contribution < 1.29 is 19.1 Å². The molecule has 1 atom stereocenters. The molecule has 32 heavy (non-hydrogen) atoms. The Bertz CT molecular complexity index is 1180. The molecule has 9 heteroatoms. The molecule has 0 fully saturated rings. The molecule has 0 spiro atoms. The second-order valence-corrected chi connectivity index (χ2v) is 8.66. The smallest absolute Gasteiger partial charge is 0.407 e. The van der Waals surface area contributed by atoms with E-state index in [9.17, 15) is 14.4 Å². The SMILES string of the molecule is CC(C)(C)OC(=O)NC[C@@H]1Cn2c(cc3ccc(C(=O)Nc4cccnc4)cc32)C(=O)N1. The first-order valence-electron chi connectivity index (χ1n) is 10.3. The van der Waals surface area contributed by atoms with Crippen molar-refractivity contribution in [1.29, 1.82) is 0 Å². The molecule has 3 amide bonds. The number of aromatic nitrogens is 2. The second-order valence-electron chi connectivity index (χ2n) is 8.66. The second kappa shape index (κ2) is 8.33. The van der Waals surface area contributed by atoms with E-state index < -0.39 is 11.7 Å². The van der Waals surface area contributed by atoms with Crippen molar-refractivity contribution in [3.05, 3.63) is 60.0 Å². The van der Waals surface area contributed by atoms with Crippen LogP contribution in [-0.4, -0.2) is 45.6 Å². The minimum Gasteiger partial charge on any atom is -0.444 e. The van der Waals surface area contributed by atoms with E-state index in [-0.39, 0.29) is 24.4 Å². The molecule has 3 aromatic rings. The van der Waals surface area contributed by atoms with Gasteiger partial charge in [-0.05, 0) is 51.1 Å². The molecule has 0 saturated carbocycles. The van der Waals surface area contributed by atoms with Crippen molar-refractivity contribution in [3.63, 3.8) is 0 Å². The monoisotopic (exact) mass is 435 g/mol. The minimum absolute atomic E-state index is 0.223. The lowest BCUT2D eigenvalue weighted by Crippen LogP contribution is -2.50. The van der Waals surface area contributed by atoms with Crippen molar-refractivity contribution >= 4 is 34.5 Å². The summed E-state index contributed by atoms with van der Waals surface area (Å²) in [5.74, 6) is -0.497. The summed E-state index contributed by atoms with van der Waals surface area (Å²) in [7, 11) is 0. The topological polar surface area (TPSA) is 114 Å². The fourth-order valence-electron chi connectivity index (χ4n) is 3.58. The van der Waals surface area contributed by atoms with Crippen LogP contribution < -0.4 is 16.0 Å². The van der Waals surface area contributed by atoms with E-state index in [2.05, 4.69) is 20.9 Å². The summed E-state index contributed by atoms with van der Waals surface area (Å²) < 4.78 is 7.12. The molecule has 2 aromatic heterocycles. The summed E-state index contributed by atoms with van der Waals surface area (Å²) in [6.45, 7) is 6.04. The summed E-state index contributed by atoms with van der Waals surface area (Å²) in [6.07, 6.45) is 2.67. The zero-order valence-electron chi connectivity index (χ0n) is 18.1. The minimum atomic E-state index is -0.601. The molecular weight excluding hydrogens is 410 g/mol. The number of fused-ring (bicyclic) bond motifs is 3. The third kappa shape index (κ3) is 4.72. The van der Waals surface area contributed by atoms with Crippen LogP contribution in [0.1, 0.15) is 41.6 Å². The van der Waals surface area contributed by atoms with Crippen LogP contribution in [0, 0.1) is 0 Å². The highest BCUT2D eigenvalue weighted by atomic mass is 16.6. The van der Waals surface area contributed by atoms with E-state index in [4.69, 9.17) is 4.74 Å². The van der Waals surface area contributed by atoms with E-state index >= 15 is 0 Å². The molecule has 0 unspecified atom stereocenters. The summed E-state index contributed by atoms with van der Waals surface area (Å²) in [5, 5.41) is 9.27. The number of hydrogen-bond donors (Lipinski definition) is 3. The highest BCUT2D eigenvalue weighted by molar-refractivity contribution is 6.07. The number of ether oxygens (including phenoxy) is 1. The zero-order chi connectivity index (χ0) is 22.9. The zero-order valence-corrected chi connectivity index (χ0v) is 18.1. The normalized spacial score (nSPS) is 15.6. The Morgan fingerprint density at radius 3 is 2.78 bits per heavy atom. The van der Waals surface area contributed by atoms with Crippen LogP contribution in [0.3, 0.4) is 0 Å². The lowest BCUT2D eigenvalue weighted by Gasteiger charge is -2.27. The summed E-state index contributed by atoms with van der Waals surface area (Å²) in [5.41, 5.74) is 1.75. The molecule has 3 N–H and O–H groups in total. The Labute approximate surface area is 185 Å². The van der Waals surface area contributed by atoms with E-state index in [1.807, 2.05) is 10.6 Å². The molecule has 0 radical (unpaired) electrons. The Balaban J connectivity index is 1.52. The first-order valence-corrected chi connectivity index (χ1v) is 10.3. The van der Waals surface area contributed by atoms with Crippen LogP contribution in [0.15, 0.2) is 48.8 Å². The third-order valence-electron chi connectivity index (χ3n) is 4.95. The van der Waals surface area contributed by atoms with Crippen LogP contribution in [0.2, 0.25) is 0 Å². The van der Waals surface area contributed by atoms with Gasteiger partial charge < -0.3 is 25.3 Å². The number of nitrogens with one attached hydrogen (secondary N) is 3. The molecular formula is C23H25N5O4. The van der Waals surface area contributed by atoms with Gasteiger partial charge in [0.15, 0.2) is 0 Å². The number of anilines is 1. The van der Waals surface area contributed by atoms with Gasteiger partial charge in [-0.2, -0.15) is 0 Å². The molecule has 0 bridgehead atoms. The number of carbonyl (C=O) groups excluding carboxylic acids is 3. The highest BCUT2D eigenvalue weighted by Crippen LogP contribution is 2.25. The summed E-state index contributed by atoms with van der Waals surface area (Å²) in [6, 6.07) is 10.3. The first-order chi connectivity index (χ1) is 15.2. The van der Waals surface area contributed by atoms with E-state index in [0.29, 0.717) is 23.5 Å². The molecule has 9 nitrogen and oxygen atoms in total. The van der Waals surface area contributed by atoms with Gasteiger partial charge in [0.1, 0.15) is 11.3 Å². The number of hydrogen-bond acceptors (Lipinski definition) is 5. The molecule has 1 aliphatic heterocycles. The van der Waals surface area contributed by atoms with E-state index in [0.717, 1.165) is 10.9 Å². The lowest BCUT2D eigenvalue weighted by atomic mass is 10.1. The van der Waals surface area contributed by atoms with Crippen LogP contribution in [0.25, 0.3) is 10.9 Å². The molecule has 0 aliphatic carbocycles. The summed E-state index contributed by atoms with van der Waals surface area (Å²) in [4.78, 5) is 41.3. The van der Waals surface area contributed by atoms with Crippen molar-refractivity contribution in [2.75, 3.05) is 11.9 Å². The fourth-order valence-corrected chi connectivity index (χ4v) is 3.58.